The molecule has 6 N–H and O–H groups in total. The zero-order valence-electron chi connectivity index (χ0n) is 41.5. The Balaban J connectivity index is 0.000000355. The van der Waals surface area contributed by atoms with E-state index in [1.54, 1.807) is 30.1 Å². The van der Waals surface area contributed by atoms with Crippen molar-refractivity contribution in [3.63, 3.8) is 0 Å². The molecule has 76 heavy (non-hydrogen) atoms. The number of para-hydroxylation sites is 2. The summed E-state index contributed by atoms with van der Waals surface area (Å²) >= 11 is 5.40. The fourth-order valence-electron chi connectivity index (χ4n) is 7.67. The van der Waals surface area contributed by atoms with Gasteiger partial charge < -0.3 is 52.0 Å². The van der Waals surface area contributed by atoms with Gasteiger partial charge in [0.2, 0.25) is 11.5 Å². The molecule has 1 unspecified atom stereocenters. The van der Waals surface area contributed by atoms with Crippen molar-refractivity contribution in [2.45, 2.75) is 71.5 Å². The number of aromatic carboxylic acids is 1. The number of nitrogens with one attached hydrogen (secondary N) is 4. The van der Waals surface area contributed by atoms with Gasteiger partial charge in [-0.3, -0.25) is 15.3 Å². The SMILES string of the molecule is C/C=C(\C=C(/[NH-])c1cc(C(=O)O)cc(C2C=C(c3oc(N(c4ccccc4)c4ccccc4)c4c3OCCO4)C=C[N-]2)n1)C(=O)O.C\C=C(/C=C([NH-])/C([NH-])=C/C(=N)C(F)(F)F)C1=C(CCCCCC)CCS1.[N-]=C=S.[Ru+4]. The number of isothiocyanates is 1. The number of benzene rings is 2. The number of unbranched alkanes of at least 4 members (excludes halogenated alkanes) is 3. The molecule has 2 aromatic heterocycles. The number of carboxylic acid groups (broad SMARTS) is 2. The van der Waals surface area contributed by atoms with Crippen LogP contribution in [0.1, 0.15) is 92.8 Å². The fraction of sp³-hybridized carbons (Fsp3) is 0.255. The Morgan fingerprint density at radius 3 is 2.13 bits per heavy atom. The number of hydrogen-bond acceptors (Lipinski definition) is 10. The summed E-state index contributed by atoms with van der Waals surface area (Å²) in [6.45, 7) is 6.17. The fourth-order valence-corrected chi connectivity index (χ4v) is 8.98. The standard InChI is InChI=1S/C35H28N4O7.C19H26F3N3S.CNS.Ru/c1-2-21(34(40)41)17-26(36)27-19-23(35(42)43)20-29(38-27)28-18-22(13-14-37-28)30-31-32(45-16-15-44-31)33(46-30)39(24-9-5-3-6-10-24)25-11-7-4-8-12-25;1-3-5-6-7-8-14-9-10-26-18(14)13(4-2)11-15(23)16(24)12-17(25)19(20,21)22;2-1-3;/h2-14,17-20,28,36H,15-16H2,1H3,(H,40,41)(H,42,43);4,11-12,23-25H,3,5-10H2,1-2H3;;/q2*-2;-1;+4/b21-2+,26-17-;13-4+,15-11-,16-12-,25-17?;;. The van der Waals surface area contributed by atoms with Gasteiger partial charge in [0.05, 0.1) is 11.1 Å². The number of rotatable bonds is 18. The minimum Gasteiger partial charge on any atom is -0.753 e. The van der Waals surface area contributed by atoms with E-state index >= 15 is 0 Å². The van der Waals surface area contributed by atoms with Crippen molar-refractivity contribution < 1.29 is 66.3 Å². The van der Waals surface area contributed by atoms with E-state index in [0.29, 0.717) is 48.0 Å². The number of nitrogens with zero attached hydrogens (tertiary/aromatic N) is 4. The number of allylic oxidation sites excluding steroid dienone is 8. The molecule has 2 aromatic carbocycles. The van der Waals surface area contributed by atoms with Crippen LogP contribution in [0, 0.1) is 5.41 Å². The molecule has 3 aliphatic rings. The number of furan rings is 1. The van der Waals surface area contributed by atoms with E-state index < -0.39 is 35.6 Å². The molecule has 21 heteroatoms. The molecule has 0 aliphatic carbocycles. The van der Waals surface area contributed by atoms with Crippen LogP contribution in [-0.2, 0) is 24.3 Å². The van der Waals surface area contributed by atoms with E-state index in [-0.39, 0.29) is 53.4 Å². The summed E-state index contributed by atoms with van der Waals surface area (Å²) in [6.07, 6.45) is 13.1. The summed E-state index contributed by atoms with van der Waals surface area (Å²) < 4.78 is 56.0. The maximum Gasteiger partial charge on any atom is 4.00 e. The van der Waals surface area contributed by atoms with Crippen molar-refractivity contribution in [2.75, 3.05) is 23.9 Å². The number of hydrogen-bond donors (Lipinski definition) is 3. The van der Waals surface area contributed by atoms with E-state index in [1.807, 2.05) is 78.6 Å². The number of thioether (sulfide) groups is 1. The third-order valence-electron chi connectivity index (χ3n) is 11.3. The summed E-state index contributed by atoms with van der Waals surface area (Å²) in [5.74, 6) is 0.212. The van der Waals surface area contributed by atoms with Crippen LogP contribution in [0.5, 0.6) is 11.5 Å². The van der Waals surface area contributed by atoms with Crippen LogP contribution in [0.4, 0.5) is 30.4 Å². The Bertz CT molecular complexity index is 2960. The van der Waals surface area contributed by atoms with Gasteiger partial charge in [-0.05, 0) is 81.2 Å². The van der Waals surface area contributed by atoms with Crippen molar-refractivity contribution in [3.8, 4) is 11.5 Å². The average Bonchev–Trinajstić information content (AvgIpc) is 4.04. The van der Waals surface area contributed by atoms with Crippen LogP contribution >= 0.6 is 24.0 Å². The monoisotopic (exact) mass is 1160 g/mol. The number of carboxylic acids is 2. The zero-order valence-corrected chi connectivity index (χ0v) is 44.9. The summed E-state index contributed by atoms with van der Waals surface area (Å²) in [4.78, 5) is 31.1. The first-order valence-electron chi connectivity index (χ1n) is 23.5. The second kappa shape index (κ2) is 29.6. The van der Waals surface area contributed by atoms with Gasteiger partial charge in [0.15, 0.2) is 5.76 Å². The van der Waals surface area contributed by atoms with Gasteiger partial charge in [-0.25, -0.2) is 9.59 Å². The smallest absolute Gasteiger partial charge is 0.753 e. The van der Waals surface area contributed by atoms with E-state index in [9.17, 15) is 33.0 Å². The Kier molecular flexibility index (Phi) is 23.8. The quantitative estimate of drug-likeness (QED) is 0.0211. The minimum absolute atomic E-state index is 0. The van der Waals surface area contributed by atoms with Crippen LogP contribution in [0.15, 0.2) is 159 Å². The van der Waals surface area contributed by atoms with Crippen molar-refractivity contribution in [3.05, 3.63) is 205 Å². The van der Waals surface area contributed by atoms with Crippen molar-refractivity contribution >= 4 is 75.3 Å². The molecule has 0 bridgehead atoms. The molecular formula is C55H54F3N8O7RuS2-. The molecule has 0 fully saturated rings. The number of ether oxygens (including phenoxy) is 2. The van der Waals surface area contributed by atoms with Crippen LogP contribution in [0.25, 0.3) is 39.2 Å². The molecule has 4 aromatic rings. The molecular weight excluding hydrogens is 1110 g/mol. The van der Waals surface area contributed by atoms with Crippen LogP contribution in [0.3, 0.4) is 0 Å². The number of thiocarbonyl (C=S) groups is 1. The number of aromatic nitrogens is 1. The van der Waals surface area contributed by atoms with Gasteiger partial charge >= 0.3 is 37.6 Å². The molecule has 0 amide bonds. The molecule has 0 saturated heterocycles. The second-order valence-corrected chi connectivity index (χ2v) is 17.7. The largest absolute Gasteiger partial charge is 4.00 e. The van der Waals surface area contributed by atoms with Gasteiger partial charge in [0.1, 0.15) is 18.9 Å². The number of alkyl halides is 3. The normalized spacial score (nSPS) is 15.6. The summed E-state index contributed by atoms with van der Waals surface area (Å²) in [5.41, 5.74) is 25.6. The van der Waals surface area contributed by atoms with Crippen molar-refractivity contribution in [1.82, 2.24) is 4.98 Å². The summed E-state index contributed by atoms with van der Waals surface area (Å²) in [6, 6.07) is 21.3. The molecule has 7 rings (SSSR count). The van der Waals surface area contributed by atoms with Gasteiger partial charge in [0.25, 0.3) is 5.88 Å². The molecule has 0 saturated carbocycles. The predicted octanol–water partition coefficient (Wildman–Crippen LogP) is 16.5. The Morgan fingerprint density at radius 1 is 0.947 bits per heavy atom. The van der Waals surface area contributed by atoms with Crippen LogP contribution in [0.2, 0.25) is 0 Å². The first-order chi connectivity index (χ1) is 35.9. The number of carbonyl (C=O) groups is 2. The first-order valence-corrected chi connectivity index (χ1v) is 24.9. The van der Waals surface area contributed by atoms with Crippen LogP contribution < -0.4 is 14.4 Å². The summed E-state index contributed by atoms with van der Waals surface area (Å²) in [7, 11) is 0. The summed E-state index contributed by atoms with van der Waals surface area (Å²) in [5, 5.41) is 39.1. The van der Waals surface area contributed by atoms with Gasteiger partial charge in [0, 0.05) is 39.0 Å². The predicted molar refractivity (Wildman–Crippen MR) is 294 cm³/mol. The number of aliphatic carboxylic acids is 1. The number of halogens is 3. The maximum absolute atomic E-state index is 12.4. The molecule has 1 atom stereocenters. The third kappa shape index (κ3) is 16.5. The first kappa shape index (κ1) is 61.1. The van der Waals surface area contributed by atoms with E-state index in [1.165, 1.54) is 61.2 Å². The molecule has 15 nitrogen and oxygen atoms in total. The number of pyridine rings is 1. The van der Waals surface area contributed by atoms with Crippen molar-refractivity contribution in [2.24, 2.45) is 0 Å². The minimum atomic E-state index is -4.80. The number of fused-ring (bicyclic) bond motifs is 1. The topological polar surface area (TPSA) is 254 Å². The molecule has 398 valence electrons. The molecule has 3 aliphatic heterocycles. The zero-order chi connectivity index (χ0) is 54.7. The number of anilines is 3. The van der Waals surface area contributed by atoms with E-state index in [4.69, 9.17) is 41.9 Å². The third-order valence-corrected chi connectivity index (χ3v) is 12.5. The average molecular weight is 1160 g/mol. The van der Waals surface area contributed by atoms with Gasteiger partial charge in [-0.15, -0.1) is 17.5 Å². The van der Waals surface area contributed by atoms with Crippen LogP contribution in [-0.4, -0.2) is 63.2 Å². The van der Waals surface area contributed by atoms with Gasteiger partial charge in [-0.1, -0.05) is 123 Å². The molecule has 5 heterocycles. The van der Waals surface area contributed by atoms with Gasteiger partial charge in [-0.2, -0.15) is 35.9 Å². The Labute approximate surface area is 461 Å². The molecule has 0 radical (unpaired) electrons. The molecule has 0 spiro atoms. The Hall–Kier alpha value is -7.44. The Morgan fingerprint density at radius 2 is 1.57 bits per heavy atom. The van der Waals surface area contributed by atoms with E-state index in [0.717, 1.165) is 52.9 Å². The maximum atomic E-state index is 12.4. The van der Waals surface area contributed by atoms with Crippen molar-refractivity contribution in [1.29, 1.82) is 5.41 Å². The second-order valence-electron chi connectivity index (χ2n) is 16.4. The van der Waals surface area contributed by atoms with E-state index in [2.05, 4.69) is 29.4 Å².